The summed E-state index contributed by atoms with van der Waals surface area (Å²) >= 11 is 0. The highest BCUT2D eigenvalue weighted by molar-refractivity contribution is 7.84. The molecule has 0 bridgehead atoms. The van der Waals surface area contributed by atoms with Crippen molar-refractivity contribution in [3.8, 4) is 11.5 Å². The Kier molecular flexibility index (Phi) is 5.39. The van der Waals surface area contributed by atoms with Crippen LogP contribution in [-0.2, 0) is 30.3 Å². The third kappa shape index (κ3) is 3.79. The number of benzene rings is 2. The Bertz CT molecular complexity index is 832. The summed E-state index contributed by atoms with van der Waals surface area (Å²) in [7, 11) is 0.613. The number of aromatic hydroxyl groups is 1. The SMILES string of the molecule is COc1cc(CCC(C)(C)N2Cc3cccc(S(C)=O)c3C2)ccc1O. The van der Waals surface area contributed by atoms with Crippen LogP contribution in [0, 0.1) is 0 Å². The second-order valence-corrected chi connectivity index (χ2v) is 8.87. The first-order valence-corrected chi connectivity index (χ1v) is 10.4. The Hall–Kier alpha value is -1.85. The molecule has 0 aliphatic carbocycles. The largest absolute Gasteiger partial charge is 0.504 e. The fraction of sp³-hybridized carbons (Fsp3) is 0.429. The van der Waals surface area contributed by atoms with Gasteiger partial charge in [-0.2, -0.15) is 0 Å². The zero-order valence-electron chi connectivity index (χ0n) is 15.9. The minimum absolute atomic E-state index is 0.0106. The molecule has 0 saturated carbocycles. The molecule has 1 aliphatic heterocycles. The number of phenols is 1. The summed E-state index contributed by atoms with van der Waals surface area (Å²) in [6, 6.07) is 11.7. The third-order valence-corrected chi connectivity index (χ3v) is 6.38. The van der Waals surface area contributed by atoms with Gasteiger partial charge >= 0.3 is 0 Å². The highest BCUT2D eigenvalue weighted by Crippen LogP contribution is 2.35. The zero-order chi connectivity index (χ0) is 18.9. The normalized spacial score (nSPS) is 15.7. The number of aryl methyl sites for hydroxylation is 1. The van der Waals surface area contributed by atoms with Crippen LogP contribution in [-0.4, -0.2) is 33.1 Å². The predicted octanol–water partition coefficient (Wildman–Crippen LogP) is 3.87. The second kappa shape index (κ2) is 7.41. The van der Waals surface area contributed by atoms with E-state index >= 15 is 0 Å². The Morgan fingerprint density at radius 2 is 2.00 bits per heavy atom. The highest BCUT2D eigenvalue weighted by Gasteiger charge is 2.33. The molecule has 2 aromatic carbocycles. The van der Waals surface area contributed by atoms with E-state index in [9.17, 15) is 9.32 Å². The van der Waals surface area contributed by atoms with Crippen molar-refractivity contribution in [1.29, 1.82) is 0 Å². The molecule has 1 heterocycles. The zero-order valence-corrected chi connectivity index (χ0v) is 16.7. The van der Waals surface area contributed by atoms with Crippen molar-refractivity contribution in [1.82, 2.24) is 4.90 Å². The van der Waals surface area contributed by atoms with Crippen LogP contribution in [0.5, 0.6) is 11.5 Å². The summed E-state index contributed by atoms with van der Waals surface area (Å²) in [5, 5.41) is 9.75. The molecule has 0 radical (unpaired) electrons. The number of hydrogen-bond acceptors (Lipinski definition) is 4. The molecule has 0 fully saturated rings. The van der Waals surface area contributed by atoms with E-state index in [4.69, 9.17) is 4.74 Å². The van der Waals surface area contributed by atoms with Crippen molar-refractivity contribution < 1.29 is 14.1 Å². The van der Waals surface area contributed by atoms with Crippen molar-refractivity contribution in [2.45, 2.75) is 50.2 Å². The summed E-state index contributed by atoms with van der Waals surface area (Å²) in [5.41, 5.74) is 3.68. The Morgan fingerprint density at radius 1 is 1.23 bits per heavy atom. The molecule has 0 amide bonds. The van der Waals surface area contributed by atoms with E-state index in [-0.39, 0.29) is 11.3 Å². The molecule has 0 spiro atoms. The van der Waals surface area contributed by atoms with Crippen LogP contribution in [0.2, 0.25) is 0 Å². The second-order valence-electron chi connectivity index (χ2n) is 7.52. The molecule has 0 aromatic heterocycles. The first-order valence-electron chi connectivity index (χ1n) is 8.87. The summed E-state index contributed by atoms with van der Waals surface area (Å²) in [6.45, 7) is 6.27. The molecule has 0 saturated heterocycles. The number of ether oxygens (including phenoxy) is 1. The van der Waals surface area contributed by atoms with Crippen LogP contribution in [0.4, 0.5) is 0 Å². The van der Waals surface area contributed by atoms with Crippen LogP contribution in [0.25, 0.3) is 0 Å². The van der Waals surface area contributed by atoms with Crippen LogP contribution >= 0.6 is 0 Å². The highest BCUT2D eigenvalue weighted by atomic mass is 32.2. The van der Waals surface area contributed by atoms with Gasteiger partial charge in [0.2, 0.25) is 0 Å². The van der Waals surface area contributed by atoms with Crippen molar-refractivity contribution in [2.75, 3.05) is 13.4 Å². The standard InChI is InChI=1S/C21H27NO3S/c1-21(2,11-10-15-8-9-18(23)19(12-15)25-3)22-13-16-6-5-7-20(26(4)24)17(16)14-22/h5-9,12,23H,10-11,13-14H2,1-4H3. The maximum Gasteiger partial charge on any atom is 0.160 e. The van der Waals surface area contributed by atoms with Gasteiger partial charge in [-0.1, -0.05) is 18.2 Å². The monoisotopic (exact) mass is 373 g/mol. The fourth-order valence-corrected chi connectivity index (χ4v) is 4.39. The van der Waals surface area contributed by atoms with E-state index < -0.39 is 10.8 Å². The van der Waals surface area contributed by atoms with Crippen molar-refractivity contribution >= 4 is 10.8 Å². The molecule has 1 N–H and O–H groups in total. The van der Waals surface area contributed by atoms with E-state index in [1.54, 1.807) is 19.4 Å². The molecule has 1 aliphatic rings. The fourth-order valence-electron chi connectivity index (χ4n) is 3.57. The first-order chi connectivity index (χ1) is 12.3. The molecule has 1 unspecified atom stereocenters. The van der Waals surface area contributed by atoms with Gasteiger partial charge in [0, 0.05) is 29.8 Å². The third-order valence-electron chi connectivity index (χ3n) is 5.38. The topological polar surface area (TPSA) is 49.8 Å². The molecular formula is C21H27NO3S. The van der Waals surface area contributed by atoms with Gasteiger partial charge in [0.1, 0.15) is 0 Å². The van der Waals surface area contributed by atoms with Gasteiger partial charge in [-0.15, -0.1) is 0 Å². The van der Waals surface area contributed by atoms with Crippen molar-refractivity contribution in [2.24, 2.45) is 0 Å². The number of phenolic OH excluding ortho intramolecular Hbond substituents is 1. The summed E-state index contributed by atoms with van der Waals surface area (Å²) < 4.78 is 17.2. The van der Waals surface area contributed by atoms with Crippen molar-refractivity contribution in [3.63, 3.8) is 0 Å². The Morgan fingerprint density at radius 3 is 2.69 bits per heavy atom. The molecule has 140 valence electrons. The number of fused-ring (bicyclic) bond motifs is 1. The van der Waals surface area contributed by atoms with E-state index in [1.165, 1.54) is 11.1 Å². The Balaban J connectivity index is 1.71. The molecule has 2 aromatic rings. The van der Waals surface area contributed by atoms with Gasteiger partial charge in [0.05, 0.1) is 17.9 Å². The number of methoxy groups -OCH3 is 1. The van der Waals surface area contributed by atoms with E-state index in [2.05, 4.69) is 24.8 Å². The van der Waals surface area contributed by atoms with Crippen LogP contribution in [0.1, 0.15) is 37.0 Å². The van der Waals surface area contributed by atoms with Gasteiger partial charge < -0.3 is 9.84 Å². The van der Waals surface area contributed by atoms with Gasteiger partial charge in [0.25, 0.3) is 0 Å². The quantitative estimate of drug-likeness (QED) is 0.835. The van der Waals surface area contributed by atoms with Gasteiger partial charge in [-0.25, -0.2) is 0 Å². The summed E-state index contributed by atoms with van der Waals surface area (Å²) in [6.07, 6.45) is 3.64. The number of rotatable bonds is 6. The first kappa shape index (κ1) is 18.9. The lowest BCUT2D eigenvalue weighted by Crippen LogP contribution is -2.40. The van der Waals surface area contributed by atoms with E-state index in [0.29, 0.717) is 5.75 Å². The Labute approximate surface area is 158 Å². The minimum Gasteiger partial charge on any atom is -0.504 e. The molecule has 3 rings (SSSR count). The van der Waals surface area contributed by atoms with Gasteiger partial charge in [-0.3, -0.25) is 9.11 Å². The summed E-state index contributed by atoms with van der Waals surface area (Å²) in [4.78, 5) is 3.43. The van der Waals surface area contributed by atoms with Gasteiger partial charge in [-0.05, 0) is 61.6 Å². The number of hydrogen-bond donors (Lipinski definition) is 1. The lowest BCUT2D eigenvalue weighted by atomic mass is 9.93. The maximum atomic E-state index is 12.0. The molecular weight excluding hydrogens is 346 g/mol. The average Bonchev–Trinajstić information content (AvgIpc) is 3.06. The van der Waals surface area contributed by atoms with Crippen molar-refractivity contribution in [3.05, 3.63) is 53.1 Å². The van der Waals surface area contributed by atoms with E-state index in [0.717, 1.165) is 36.4 Å². The van der Waals surface area contributed by atoms with E-state index in [1.807, 2.05) is 24.3 Å². The maximum absolute atomic E-state index is 12.0. The molecule has 1 atom stereocenters. The lowest BCUT2D eigenvalue weighted by Gasteiger charge is -2.35. The van der Waals surface area contributed by atoms with Crippen LogP contribution in [0.15, 0.2) is 41.3 Å². The smallest absolute Gasteiger partial charge is 0.160 e. The lowest BCUT2D eigenvalue weighted by molar-refractivity contribution is 0.109. The van der Waals surface area contributed by atoms with Crippen LogP contribution in [0.3, 0.4) is 0 Å². The molecule has 26 heavy (non-hydrogen) atoms. The number of nitrogens with zero attached hydrogens (tertiary/aromatic N) is 1. The average molecular weight is 374 g/mol. The van der Waals surface area contributed by atoms with Gasteiger partial charge in [0.15, 0.2) is 11.5 Å². The summed E-state index contributed by atoms with van der Waals surface area (Å²) in [5.74, 6) is 0.689. The molecule has 5 heteroatoms. The minimum atomic E-state index is -0.956. The predicted molar refractivity (Wildman–Crippen MR) is 105 cm³/mol. The van der Waals surface area contributed by atoms with Crippen LogP contribution < -0.4 is 4.74 Å². The molecule has 4 nitrogen and oxygen atoms in total.